The van der Waals surface area contributed by atoms with Crippen molar-refractivity contribution in [3.05, 3.63) is 65.7 Å². The van der Waals surface area contributed by atoms with Crippen molar-refractivity contribution in [2.75, 3.05) is 6.79 Å². The zero-order valence-corrected chi connectivity index (χ0v) is 15.3. The first kappa shape index (κ1) is 20.0. The lowest BCUT2D eigenvalue weighted by Crippen LogP contribution is -2.25. The monoisotopic (exact) mass is 372 g/mol. The van der Waals surface area contributed by atoms with Crippen LogP contribution in [-0.2, 0) is 19.3 Å². The van der Waals surface area contributed by atoms with Gasteiger partial charge in [0.2, 0.25) is 6.79 Å². The van der Waals surface area contributed by atoms with Gasteiger partial charge in [0.1, 0.15) is 11.3 Å². The molecule has 0 atom stereocenters. The summed E-state index contributed by atoms with van der Waals surface area (Å²) < 4.78 is 10.3. The van der Waals surface area contributed by atoms with Gasteiger partial charge < -0.3 is 9.47 Å². The highest BCUT2D eigenvalue weighted by Gasteiger charge is 2.23. The van der Waals surface area contributed by atoms with Crippen molar-refractivity contribution in [1.29, 1.82) is 0 Å². The van der Waals surface area contributed by atoms with Crippen LogP contribution < -0.4 is 4.74 Å². The molecule has 27 heavy (non-hydrogen) atoms. The van der Waals surface area contributed by atoms with E-state index < -0.39 is 23.3 Å². The molecule has 2 rings (SSSR count). The number of hydrogen-bond donors (Lipinski definition) is 0. The van der Waals surface area contributed by atoms with Crippen LogP contribution in [0.15, 0.2) is 54.6 Å². The highest BCUT2D eigenvalue weighted by atomic mass is 17.2. The number of ether oxygens (including phenoxy) is 2. The number of carbonyl (C=O) groups is 3. The van der Waals surface area contributed by atoms with Crippen LogP contribution in [0.25, 0.3) is 0 Å². The predicted molar refractivity (Wildman–Crippen MR) is 94.8 cm³/mol. The molecule has 0 spiro atoms. The minimum atomic E-state index is -0.919. The summed E-state index contributed by atoms with van der Waals surface area (Å²) >= 11 is 0. The lowest BCUT2D eigenvalue weighted by molar-refractivity contribution is -0.187. The highest BCUT2D eigenvalue weighted by Crippen LogP contribution is 2.20. The van der Waals surface area contributed by atoms with E-state index in [9.17, 15) is 14.4 Å². The number of carbonyl (C=O) groups excluding carboxylic acids is 3. The van der Waals surface area contributed by atoms with Crippen LogP contribution in [0.4, 0.5) is 0 Å². The van der Waals surface area contributed by atoms with E-state index in [0.29, 0.717) is 0 Å². The Balaban J connectivity index is 1.95. The second kappa shape index (κ2) is 8.84. The summed E-state index contributed by atoms with van der Waals surface area (Å²) in [4.78, 5) is 44.9. The summed E-state index contributed by atoms with van der Waals surface area (Å²) in [5.74, 6) is -2.04. The minimum absolute atomic E-state index is 0.0187. The smallest absolute Gasteiger partial charge is 0.390 e. The average molecular weight is 372 g/mol. The first-order chi connectivity index (χ1) is 12.8. The first-order valence-electron chi connectivity index (χ1n) is 8.16. The summed E-state index contributed by atoms with van der Waals surface area (Å²) in [7, 11) is 0. The van der Waals surface area contributed by atoms with Gasteiger partial charge in [0.05, 0.1) is 11.0 Å². The molecule has 0 fully saturated rings. The molecular weight excluding hydrogens is 352 g/mol. The number of rotatable bonds is 5. The van der Waals surface area contributed by atoms with Crippen molar-refractivity contribution in [2.45, 2.75) is 20.8 Å². The average Bonchev–Trinajstić information content (AvgIpc) is 2.66. The van der Waals surface area contributed by atoms with E-state index in [1.807, 2.05) is 0 Å². The minimum Gasteiger partial charge on any atom is -0.456 e. The van der Waals surface area contributed by atoms with Gasteiger partial charge in [-0.2, -0.15) is 0 Å². The fourth-order valence-electron chi connectivity index (χ4n) is 1.87. The summed E-state index contributed by atoms with van der Waals surface area (Å²) in [5, 5.41) is 0. The van der Waals surface area contributed by atoms with Gasteiger partial charge in [-0.05, 0) is 45.0 Å². The van der Waals surface area contributed by atoms with Crippen LogP contribution >= 0.6 is 0 Å². The predicted octanol–water partition coefficient (Wildman–Crippen LogP) is 3.54. The van der Waals surface area contributed by atoms with Crippen LogP contribution in [0.2, 0.25) is 0 Å². The molecule has 0 N–H and O–H groups in total. The fraction of sp³-hybridized carbons (Fsp3) is 0.250. The largest absolute Gasteiger partial charge is 0.456 e. The molecule has 0 bridgehead atoms. The number of esters is 1. The van der Waals surface area contributed by atoms with Gasteiger partial charge in [-0.15, -0.1) is 0 Å². The van der Waals surface area contributed by atoms with E-state index in [4.69, 9.17) is 9.47 Å². The second-order valence-electron chi connectivity index (χ2n) is 6.55. The maximum atomic E-state index is 12.2. The molecular formula is C20H20O7. The number of para-hydroxylation sites is 1. The van der Waals surface area contributed by atoms with E-state index in [1.165, 1.54) is 24.3 Å². The van der Waals surface area contributed by atoms with Gasteiger partial charge in [0.25, 0.3) is 0 Å². The van der Waals surface area contributed by atoms with Crippen molar-refractivity contribution in [1.82, 2.24) is 0 Å². The van der Waals surface area contributed by atoms with Crippen molar-refractivity contribution in [2.24, 2.45) is 5.41 Å². The zero-order valence-electron chi connectivity index (χ0n) is 15.3. The van der Waals surface area contributed by atoms with Crippen molar-refractivity contribution < 1.29 is 33.6 Å². The summed E-state index contributed by atoms with van der Waals surface area (Å²) in [6.07, 6.45) is 0. The van der Waals surface area contributed by atoms with Crippen molar-refractivity contribution in [3.63, 3.8) is 0 Å². The standard InChI is InChI=1S/C20H20O7/c1-20(2,3)19(23)25-13-24-16-12-8-7-11-15(16)18(22)27-26-17(21)14-9-5-4-6-10-14/h4-12H,13H2,1-3H3. The molecule has 0 aliphatic rings. The SMILES string of the molecule is CC(C)(C)C(=O)OCOc1ccccc1C(=O)OOC(=O)c1ccccc1. The molecule has 7 heteroatoms. The first-order valence-corrected chi connectivity index (χ1v) is 8.16. The van der Waals surface area contributed by atoms with E-state index in [1.54, 1.807) is 51.1 Å². The quantitative estimate of drug-likeness (QED) is 0.343. The Morgan fingerprint density at radius 3 is 2.07 bits per heavy atom. The van der Waals surface area contributed by atoms with E-state index in [0.717, 1.165) is 0 Å². The normalized spacial score (nSPS) is 10.6. The van der Waals surface area contributed by atoms with Crippen LogP contribution in [-0.4, -0.2) is 24.7 Å². The molecule has 0 unspecified atom stereocenters. The molecule has 7 nitrogen and oxygen atoms in total. The van der Waals surface area contributed by atoms with E-state index >= 15 is 0 Å². The van der Waals surface area contributed by atoms with Crippen molar-refractivity contribution in [3.8, 4) is 5.75 Å². The summed E-state index contributed by atoms with van der Waals surface area (Å²) in [6.45, 7) is 4.76. The molecule has 142 valence electrons. The zero-order chi connectivity index (χ0) is 19.9. The number of hydrogen-bond acceptors (Lipinski definition) is 7. The van der Waals surface area contributed by atoms with Gasteiger partial charge in [-0.25, -0.2) is 19.4 Å². The third-order valence-corrected chi connectivity index (χ3v) is 3.33. The molecule has 0 aliphatic carbocycles. The number of benzene rings is 2. The van der Waals surface area contributed by atoms with Crippen LogP contribution in [0, 0.1) is 5.41 Å². The Hall–Kier alpha value is -3.35. The molecule has 2 aromatic rings. The Morgan fingerprint density at radius 2 is 1.41 bits per heavy atom. The summed E-state index contributed by atoms with van der Waals surface area (Å²) in [5.41, 5.74) is -0.415. The van der Waals surface area contributed by atoms with Crippen LogP contribution in [0.3, 0.4) is 0 Å². The van der Waals surface area contributed by atoms with Gasteiger partial charge in [0, 0.05) is 0 Å². The Morgan fingerprint density at radius 1 is 0.815 bits per heavy atom. The topological polar surface area (TPSA) is 88.1 Å². The molecule has 0 amide bonds. The van der Waals surface area contributed by atoms with Gasteiger partial charge in [-0.1, -0.05) is 30.3 Å². The lowest BCUT2D eigenvalue weighted by Gasteiger charge is -2.17. The maximum Gasteiger partial charge on any atom is 0.390 e. The van der Waals surface area contributed by atoms with Gasteiger partial charge in [0.15, 0.2) is 0 Å². The van der Waals surface area contributed by atoms with Crippen LogP contribution in [0.5, 0.6) is 5.75 Å². The third-order valence-electron chi connectivity index (χ3n) is 3.33. The lowest BCUT2D eigenvalue weighted by atomic mass is 9.98. The van der Waals surface area contributed by atoms with E-state index in [2.05, 4.69) is 9.78 Å². The highest BCUT2D eigenvalue weighted by molar-refractivity contribution is 5.94. The molecule has 0 heterocycles. The Kier molecular flexibility index (Phi) is 6.54. The Bertz CT molecular complexity index is 807. The molecule has 0 saturated carbocycles. The third kappa shape index (κ3) is 5.85. The molecule has 0 radical (unpaired) electrons. The maximum absolute atomic E-state index is 12.2. The fourth-order valence-corrected chi connectivity index (χ4v) is 1.87. The molecule has 0 aromatic heterocycles. The molecule has 2 aromatic carbocycles. The Labute approximate surface area is 156 Å². The van der Waals surface area contributed by atoms with E-state index in [-0.39, 0.29) is 23.7 Å². The van der Waals surface area contributed by atoms with Crippen molar-refractivity contribution >= 4 is 17.9 Å². The van der Waals surface area contributed by atoms with Crippen LogP contribution in [0.1, 0.15) is 41.5 Å². The molecule has 0 saturated heterocycles. The summed E-state index contributed by atoms with van der Waals surface area (Å²) in [6, 6.07) is 14.2. The van der Waals surface area contributed by atoms with Gasteiger partial charge in [-0.3, -0.25) is 4.79 Å². The second-order valence-corrected chi connectivity index (χ2v) is 6.55. The van der Waals surface area contributed by atoms with Gasteiger partial charge >= 0.3 is 17.9 Å². The molecule has 0 aliphatic heterocycles.